The topological polar surface area (TPSA) is 44.5 Å². The molecular weight excluding hydrogens is 245 g/mol. The Morgan fingerprint density at radius 3 is 2.47 bits per heavy atom. The quantitative estimate of drug-likeness (QED) is 0.891. The van der Waals surface area contributed by atoms with E-state index in [0.29, 0.717) is 30.3 Å². The average Bonchev–Trinajstić information content (AvgIpc) is 2.43. The fraction of sp³-hybridized carbons (Fsp3) is 0.600. The highest BCUT2D eigenvalue weighted by Gasteiger charge is 2.19. The van der Waals surface area contributed by atoms with E-state index in [2.05, 4.69) is 6.92 Å². The number of halogens is 1. The van der Waals surface area contributed by atoms with Gasteiger partial charge in [0.2, 0.25) is 0 Å². The molecule has 2 rings (SSSR count). The average molecular weight is 267 g/mol. The van der Waals surface area contributed by atoms with Crippen LogP contribution >= 0.6 is 0 Å². The third-order valence-corrected chi connectivity index (χ3v) is 3.69. The summed E-state index contributed by atoms with van der Waals surface area (Å²) in [6.45, 7) is 5.09. The third kappa shape index (κ3) is 3.38. The molecule has 0 radical (unpaired) electrons. The predicted molar refractivity (Wildman–Crippen MR) is 73.3 cm³/mol. The number of fused-ring (bicyclic) bond motifs is 1. The summed E-state index contributed by atoms with van der Waals surface area (Å²) in [5.74, 6) is 1.06. The lowest BCUT2D eigenvalue weighted by molar-refractivity contribution is 0.170. The van der Waals surface area contributed by atoms with Gasteiger partial charge in [-0.1, -0.05) is 13.8 Å². The molecule has 1 aliphatic heterocycles. The SMILES string of the molecule is CCC(N)CCC(C)c1cc2c(cc1F)OCCO2. The smallest absolute Gasteiger partial charge is 0.164 e. The van der Waals surface area contributed by atoms with E-state index in [1.807, 2.05) is 6.92 Å². The molecule has 0 aliphatic carbocycles. The molecule has 1 heterocycles. The third-order valence-electron chi connectivity index (χ3n) is 3.69. The molecule has 0 spiro atoms. The van der Waals surface area contributed by atoms with Crippen molar-refractivity contribution in [3.8, 4) is 11.5 Å². The highest BCUT2D eigenvalue weighted by Crippen LogP contribution is 2.36. The first-order valence-corrected chi connectivity index (χ1v) is 6.96. The molecule has 2 unspecified atom stereocenters. The molecule has 3 nitrogen and oxygen atoms in total. The van der Waals surface area contributed by atoms with Crippen molar-refractivity contribution >= 4 is 0 Å². The van der Waals surface area contributed by atoms with Crippen molar-refractivity contribution in [3.05, 3.63) is 23.5 Å². The van der Waals surface area contributed by atoms with Crippen LogP contribution < -0.4 is 15.2 Å². The van der Waals surface area contributed by atoms with Crippen LogP contribution in [-0.2, 0) is 0 Å². The Bertz CT molecular complexity index is 436. The molecule has 0 amide bonds. The summed E-state index contributed by atoms with van der Waals surface area (Å²) in [5.41, 5.74) is 6.60. The van der Waals surface area contributed by atoms with Crippen LogP contribution in [0.1, 0.15) is 44.6 Å². The van der Waals surface area contributed by atoms with Gasteiger partial charge in [-0.2, -0.15) is 0 Å². The predicted octanol–water partition coefficient (Wildman–Crippen LogP) is 3.22. The molecule has 0 saturated carbocycles. The van der Waals surface area contributed by atoms with Crippen LogP contribution in [0.2, 0.25) is 0 Å². The standard InChI is InChI=1S/C15H22FNO2/c1-3-11(17)5-4-10(2)12-8-14-15(9-13(12)16)19-7-6-18-14/h8-11H,3-7,17H2,1-2H3. The molecule has 19 heavy (non-hydrogen) atoms. The first kappa shape index (κ1) is 14.1. The van der Waals surface area contributed by atoms with Gasteiger partial charge in [0.05, 0.1) is 0 Å². The maximum atomic E-state index is 14.1. The summed E-state index contributed by atoms with van der Waals surface area (Å²) in [4.78, 5) is 0. The van der Waals surface area contributed by atoms with Gasteiger partial charge in [-0.15, -0.1) is 0 Å². The first-order chi connectivity index (χ1) is 9.11. The molecule has 106 valence electrons. The highest BCUT2D eigenvalue weighted by atomic mass is 19.1. The van der Waals surface area contributed by atoms with Gasteiger partial charge in [0.25, 0.3) is 0 Å². The second-order valence-electron chi connectivity index (χ2n) is 5.16. The lowest BCUT2D eigenvalue weighted by Gasteiger charge is -2.21. The summed E-state index contributed by atoms with van der Waals surface area (Å²) in [5, 5.41) is 0. The Kier molecular flexibility index (Phi) is 4.64. The minimum absolute atomic E-state index is 0.133. The van der Waals surface area contributed by atoms with Gasteiger partial charge in [0.1, 0.15) is 19.0 Å². The number of hydrogen-bond donors (Lipinski definition) is 1. The number of ether oxygens (including phenoxy) is 2. The van der Waals surface area contributed by atoms with Crippen molar-refractivity contribution in [1.29, 1.82) is 0 Å². The van der Waals surface area contributed by atoms with E-state index >= 15 is 0 Å². The number of rotatable bonds is 5. The Balaban J connectivity index is 2.10. The molecule has 0 aromatic heterocycles. The lowest BCUT2D eigenvalue weighted by Crippen LogP contribution is -2.19. The molecule has 2 atom stereocenters. The van der Waals surface area contributed by atoms with Crippen molar-refractivity contribution < 1.29 is 13.9 Å². The second-order valence-corrected chi connectivity index (χ2v) is 5.16. The summed E-state index contributed by atoms with van der Waals surface area (Å²) >= 11 is 0. The highest BCUT2D eigenvalue weighted by molar-refractivity contribution is 5.45. The number of hydrogen-bond acceptors (Lipinski definition) is 3. The molecule has 2 N–H and O–H groups in total. The van der Waals surface area contributed by atoms with Crippen LogP contribution in [0.5, 0.6) is 11.5 Å². The van der Waals surface area contributed by atoms with Gasteiger partial charge in [-0.05, 0) is 36.8 Å². The summed E-state index contributed by atoms with van der Waals surface area (Å²) < 4.78 is 24.9. The van der Waals surface area contributed by atoms with E-state index in [-0.39, 0.29) is 17.8 Å². The van der Waals surface area contributed by atoms with Gasteiger partial charge < -0.3 is 15.2 Å². The van der Waals surface area contributed by atoms with Crippen LogP contribution in [-0.4, -0.2) is 19.3 Å². The van der Waals surface area contributed by atoms with E-state index in [4.69, 9.17) is 15.2 Å². The lowest BCUT2D eigenvalue weighted by atomic mass is 9.93. The molecule has 1 aromatic rings. The number of nitrogens with two attached hydrogens (primary N) is 1. The molecule has 0 bridgehead atoms. The van der Waals surface area contributed by atoms with Crippen molar-refractivity contribution in [2.45, 2.75) is 45.1 Å². The maximum absolute atomic E-state index is 14.1. The van der Waals surface area contributed by atoms with Crippen LogP contribution in [0, 0.1) is 5.82 Å². The maximum Gasteiger partial charge on any atom is 0.164 e. The molecule has 0 fully saturated rings. The fourth-order valence-corrected chi connectivity index (χ4v) is 2.28. The van der Waals surface area contributed by atoms with E-state index in [1.54, 1.807) is 6.07 Å². The first-order valence-electron chi connectivity index (χ1n) is 6.96. The van der Waals surface area contributed by atoms with Crippen molar-refractivity contribution in [2.24, 2.45) is 5.73 Å². The zero-order chi connectivity index (χ0) is 13.8. The van der Waals surface area contributed by atoms with Crippen LogP contribution in [0.25, 0.3) is 0 Å². The van der Waals surface area contributed by atoms with E-state index in [1.165, 1.54) is 6.07 Å². The second kappa shape index (κ2) is 6.24. The van der Waals surface area contributed by atoms with Crippen LogP contribution in [0.4, 0.5) is 4.39 Å². The minimum atomic E-state index is -0.221. The fourth-order valence-electron chi connectivity index (χ4n) is 2.28. The zero-order valence-electron chi connectivity index (χ0n) is 11.6. The van der Waals surface area contributed by atoms with Crippen LogP contribution in [0.15, 0.2) is 12.1 Å². The van der Waals surface area contributed by atoms with Gasteiger partial charge in [-0.25, -0.2) is 4.39 Å². The van der Waals surface area contributed by atoms with E-state index < -0.39 is 0 Å². The van der Waals surface area contributed by atoms with Crippen molar-refractivity contribution in [2.75, 3.05) is 13.2 Å². The summed E-state index contributed by atoms with van der Waals surface area (Å²) in [7, 11) is 0. The van der Waals surface area contributed by atoms with Gasteiger partial charge >= 0.3 is 0 Å². The van der Waals surface area contributed by atoms with E-state index in [9.17, 15) is 4.39 Å². The Morgan fingerprint density at radius 1 is 1.21 bits per heavy atom. The molecule has 4 heteroatoms. The molecule has 0 saturated heterocycles. The Hall–Kier alpha value is -1.29. The molecule has 1 aromatic carbocycles. The largest absolute Gasteiger partial charge is 0.486 e. The number of benzene rings is 1. The normalized spacial score (nSPS) is 17.1. The zero-order valence-corrected chi connectivity index (χ0v) is 11.6. The molecule has 1 aliphatic rings. The van der Waals surface area contributed by atoms with Gasteiger partial charge in [-0.3, -0.25) is 0 Å². The van der Waals surface area contributed by atoms with Gasteiger partial charge in [0, 0.05) is 12.1 Å². The Morgan fingerprint density at radius 2 is 1.84 bits per heavy atom. The van der Waals surface area contributed by atoms with Crippen molar-refractivity contribution in [3.63, 3.8) is 0 Å². The van der Waals surface area contributed by atoms with Crippen LogP contribution in [0.3, 0.4) is 0 Å². The monoisotopic (exact) mass is 267 g/mol. The molecular formula is C15H22FNO2. The van der Waals surface area contributed by atoms with E-state index in [0.717, 1.165) is 19.3 Å². The minimum Gasteiger partial charge on any atom is -0.486 e. The summed E-state index contributed by atoms with van der Waals surface area (Å²) in [6.07, 6.45) is 2.74. The summed E-state index contributed by atoms with van der Waals surface area (Å²) in [6, 6.07) is 3.40. The van der Waals surface area contributed by atoms with Crippen molar-refractivity contribution in [1.82, 2.24) is 0 Å². The Labute approximate surface area is 113 Å². The van der Waals surface area contributed by atoms with Gasteiger partial charge in [0.15, 0.2) is 11.5 Å².